The van der Waals surface area contributed by atoms with Crippen molar-refractivity contribution in [3.63, 3.8) is 0 Å². The summed E-state index contributed by atoms with van der Waals surface area (Å²) in [5.74, 6) is 1.75. The predicted molar refractivity (Wildman–Crippen MR) is 93.4 cm³/mol. The fourth-order valence-electron chi connectivity index (χ4n) is 2.92. The average molecular weight is 312 g/mol. The topological polar surface area (TPSA) is 48.9 Å². The molecule has 0 radical (unpaired) electrons. The molecular formula is C18H24N4O. The summed E-state index contributed by atoms with van der Waals surface area (Å²) in [4.78, 5) is 6.71. The molecule has 1 aromatic carbocycles. The molecule has 0 spiro atoms. The third kappa shape index (κ3) is 3.63. The van der Waals surface area contributed by atoms with Gasteiger partial charge in [-0.05, 0) is 37.1 Å². The zero-order valence-electron chi connectivity index (χ0n) is 13.7. The molecule has 2 aliphatic rings. The van der Waals surface area contributed by atoms with Gasteiger partial charge < -0.3 is 10.1 Å². The first-order valence-electron chi connectivity index (χ1n) is 7.99. The second-order valence-electron chi connectivity index (χ2n) is 5.86. The van der Waals surface area contributed by atoms with Gasteiger partial charge in [-0.15, -0.1) is 0 Å². The van der Waals surface area contributed by atoms with Crippen LogP contribution in [0.15, 0.2) is 53.7 Å². The lowest BCUT2D eigenvalue weighted by Gasteiger charge is -2.38. The fourth-order valence-corrected chi connectivity index (χ4v) is 2.92. The minimum Gasteiger partial charge on any atom is -0.497 e. The number of ether oxygens (including phenoxy) is 1. The molecule has 2 N–H and O–H groups in total. The Bertz CT molecular complexity index is 620. The van der Waals surface area contributed by atoms with Crippen LogP contribution in [0.5, 0.6) is 5.75 Å². The van der Waals surface area contributed by atoms with Crippen LogP contribution < -0.4 is 15.4 Å². The molecule has 0 amide bonds. The van der Waals surface area contributed by atoms with E-state index in [4.69, 9.17) is 4.74 Å². The Kier molecular flexibility index (Phi) is 4.79. The van der Waals surface area contributed by atoms with Crippen molar-refractivity contribution in [3.8, 4) is 5.75 Å². The number of nitrogens with one attached hydrogen (secondary N) is 2. The molecule has 2 heterocycles. The van der Waals surface area contributed by atoms with Gasteiger partial charge >= 0.3 is 0 Å². The zero-order chi connectivity index (χ0) is 16.1. The molecule has 0 aliphatic carbocycles. The molecule has 23 heavy (non-hydrogen) atoms. The summed E-state index contributed by atoms with van der Waals surface area (Å²) in [6.07, 6.45) is 9.51. The van der Waals surface area contributed by atoms with E-state index >= 15 is 0 Å². The van der Waals surface area contributed by atoms with E-state index < -0.39 is 5.66 Å². The van der Waals surface area contributed by atoms with Crippen LogP contribution in [0.1, 0.15) is 18.9 Å². The van der Waals surface area contributed by atoms with Gasteiger partial charge in [-0.25, -0.2) is 4.99 Å². The van der Waals surface area contributed by atoms with E-state index in [-0.39, 0.29) is 0 Å². The van der Waals surface area contributed by atoms with Crippen LogP contribution >= 0.6 is 0 Å². The third-order valence-electron chi connectivity index (χ3n) is 4.24. The lowest BCUT2D eigenvalue weighted by atomic mass is 9.97. The third-order valence-corrected chi connectivity index (χ3v) is 4.24. The SMILES string of the molecule is COc1ccc(C2(NCN3CC=CCC3)C=CN=C(C)N2)cc1. The number of rotatable bonds is 5. The molecule has 1 unspecified atom stereocenters. The number of hydrogen-bond acceptors (Lipinski definition) is 5. The summed E-state index contributed by atoms with van der Waals surface area (Å²) in [7, 11) is 1.68. The van der Waals surface area contributed by atoms with E-state index in [0.717, 1.165) is 43.3 Å². The summed E-state index contributed by atoms with van der Waals surface area (Å²) < 4.78 is 5.27. The predicted octanol–water partition coefficient (Wildman–Crippen LogP) is 2.19. The maximum Gasteiger partial charge on any atom is 0.138 e. The Balaban J connectivity index is 1.80. The first-order valence-corrected chi connectivity index (χ1v) is 7.99. The maximum absolute atomic E-state index is 5.27. The second kappa shape index (κ2) is 6.98. The molecule has 0 fully saturated rings. The highest BCUT2D eigenvalue weighted by Crippen LogP contribution is 2.25. The molecule has 0 saturated carbocycles. The largest absolute Gasteiger partial charge is 0.497 e. The van der Waals surface area contributed by atoms with E-state index in [2.05, 4.69) is 50.9 Å². The van der Waals surface area contributed by atoms with E-state index in [9.17, 15) is 0 Å². The molecule has 122 valence electrons. The zero-order valence-corrected chi connectivity index (χ0v) is 13.7. The second-order valence-corrected chi connectivity index (χ2v) is 5.86. The Morgan fingerprint density at radius 3 is 2.78 bits per heavy atom. The molecule has 1 atom stereocenters. The van der Waals surface area contributed by atoms with Crippen LogP contribution in [0, 0.1) is 0 Å². The lowest BCUT2D eigenvalue weighted by molar-refractivity contribution is 0.227. The quantitative estimate of drug-likeness (QED) is 0.818. The highest BCUT2D eigenvalue weighted by Gasteiger charge is 2.31. The van der Waals surface area contributed by atoms with Gasteiger partial charge in [-0.3, -0.25) is 10.2 Å². The van der Waals surface area contributed by atoms with Crippen molar-refractivity contribution in [2.45, 2.75) is 19.0 Å². The average Bonchev–Trinajstić information content (AvgIpc) is 2.61. The van der Waals surface area contributed by atoms with Gasteiger partial charge in [0.1, 0.15) is 17.2 Å². The van der Waals surface area contributed by atoms with Gasteiger partial charge in [0.2, 0.25) is 0 Å². The van der Waals surface area contributed by atoms with Gasteiger partial charge in [0.05, 0.1) is 13.8 Å². The van der Waals surface area contributed by atoms with Crippen molar-refractivity contribution in [1.29, 1.82) is 0 Å². The number of hydrogen-bond donors (Lipinski definition) is 2. The fraction of sp³-hybridized carbons (Fsp3) is 0.389. The van der Waals surface area contributed by atoms with Gasteiger partial charge in [0.25, 0.3) is 0 Å². The van der Waals surface area contributed by atoms with Crippen LogP contribution in [0.4, 0.5) is 0 Å². The van der Waals surface area contributed by atoms with Crippen LogP contribution in [-0.2, 0) is 5.66 Å². The van der Waals surface area contributed by atoms with Crippen LogP contribution in [0.25, 0.3) is 0 Å². The number of methoxy groups -OCH3 is 1. The number of nitrogens with zero attached hydrogens (tertiary/aromatic N) is 2. The van der Waals surface area contributed by atoms with Crippen molar-refractivity contribution in [2.75, 3.05) is 26.9 Å². The van der Waals surface area contributed by atoms with E-state index in [1.807, 2.05) is 25.3 Å². The van der Waals surface area contributed by atoms with E-state index in [1.54, 1.807) is 7.11 Å². The van der Waals surface area contributed by atoms with Gasteiger partial charge in [0, 0.05) is 19.3 Å². The minimum absolute atomic E-state index is 0.445. The molecular weight excluding hydrogens is 288 g/mol. The smallest absolute Gasteiger partial charge is 0.138 e. The van der Waals surface area contributed by atoms with Crippen molar-refractivity contribution in [1.82, 2.24) is 15.5 Å². The summed E-state index contributed by atoms with van der Waals surface area (Å²) in [5, 5.41) is 7.15. The Morgan fingerprint density at radius 1 is 1.30 bits per heavy atom. The minimum atomic E-state index is -0.445. The number of aliphatic imine (C=N–C) groups is 1. The molecule has 0 aromatic heterocycles. The van der Waals surface area contributed by atoms with Crippen LogP contribution in [0.3, 0.4) is 0 Å². The molecule has 1 aromatic rings. The van der Waals surface area contributed by atoms with Crippen molar-refractivity contribution < 1.29 is 4.74 Å². The first kappa shape index (κ1) is 15.8. The summed E-state index contributed by atoms with van der Waals surface area (Å²) in [6, 6.07) is 8.13. The lowest BCUT2D eigenvalue weighted by Crippen LogP contribution is -2.58. The van der Waals surface area contributed by atoms with Crippen LogP contribution in [0.2, 0.25) is 0 Å². The molecule has 5 heteroatoms. The highest BCUT2D eigenvalue weighted by molar-refractivity contribution is 5.82. The van der Waals surface area contributed by atoms with Crippen molar-refractivity contribution in [2.24, 2.45) is 4.99 Å². The summed E-state index contributed by atoms with van der Waals surface area (Å²) in [6.45, 7) is 4.86. The van der Waals surface area contributed by atoms with Gasteiger partial charge in [-0.1, -0.05) is 24.3 Å². The Hall–Kier alpha value is -2.11. The number of benzene rings is 1. The highest BCUT2D eigenvalue weighted by atomic mass is 16.5. The number of amidine groups is 1. The van der Waals surface area contributed by atoms with E-state index in [1.165, 1.54) is 0 Å². The van der Waals surface area contributed by atoms with Gasteiger partial charge in [0.15, 0.2) is 0 Å². The summed E-state index contributed by atoms with van der Waals surface area (Å²) >= 11 is 0. The van der Waals surface area contributed by atoms with Crippen molar-refractivity contribution >= 4 is 5.84 Å². The monoisotopic (exact) mass is 312 g/mol. The van der Waals surface area contributed by atoms with Crippen LogP contribution in [-0.4, -0.2) is 37.6 Å². The summed E-state index contributed by atoms with van der Waals surface area (Å²) in [5.41, 5.74) is 0.690. The first-order chi connectivity index (χ1) is 11.2. The molecule has 5 nitrogen and oxygen atoms in total. The van der Waals surface area contributed by atoms with E-state index in [0.29, 0.717) is 0 Å². The molecule has 0 bridgehead atoms. The molecule has 3 rings (SSSR count). The normalized spacial score (nSPS) is 24.2. The standard InChI is InChI=1S/C18H24N4O/c1-15-19-11-10-18(21-15,16-6-8-17(23-2)9-7-16)20-14-22-12-4-3-5-13-22/h3-4,6-11,20H,5,12-14H2,1-2H3,(H,19,21). The molecule has 2 aliphatic heterocycles. The Morgan fingerprint density at radius 2 is 2.13 bits per heavy atom. The maximum atomic E-state index is 5.27. The van der Waals surface area contributed by atoms with Crippen molar-refractivity contribution in [3.05, 3.63) is 54.3 Å². The molecule has 0 saturated heterocycles. The van der Waals surface area contributed by atoms with Gasteiger partial charge in [-0.2, -0.15) is 0 Å². The Labute approximate surface area is 137 Å².